The van der Waals surface area contributed by atoms with Crippen LogP contribution in [0.5, 0.6) is 0 Å². The SMILES string of the molecule is CC(C)(C)OC(=O)N1CCC(NC(=O)c2cccc(C(=O)O)n2)CC1. The number of nitrogens with zero attached hydrogens (tertiary/aromatic N) is 2. The molecule has 0 radical (unpaired) electrons. The molecule has 2 rings (SSSR count). The van der Waals surface area contributed by atoms with Crippen LogP contribution < -0.4 is 5.32 Å². The van der Waals surface area contributed by atoms with Crippen molar-refractivity contribution >= 4 is 18.0 Å². The lowest BCUT2D eigenvalue weighted by Gasteiger charge is -2.33. The predicted octanol–water partition coefficient (Wildman–Crippen LogP) is 1.91. The van der Waals surface area contributed by atoms with E-state index in [1.54, 1.807) is 4.90 Å². The molecule has 0 bridgehead atoms. The average Bonchev–Trinajstić information content (AvgIpc) is 2.54. The molecule has 0 aliphatic carbocycles. The van der Waals surface area contributed by atoms with Gasteiger partial charge in [-0.1, -0.05) is 6.07 Å². The number of carbonyl (C=O) groups is 3. The molecule has 1 saturated heterocycles. The topological polar surface area (TPSA) is 109 Å². The number of rotatable bonds is 3. The van der Waals surface area contributed by atoms with Gasteiger partial charge in [0.25, 0.3) is 5.91 Å². The first-order valence-electron chi connectivity index (χ1n) is 8.15. The normalized spacial score (nSPS) is 15.6. The van der Waals surface area contributed by atoms with Gasteiger partial charge in [0, 0.05) is 19.1 Å². The van der Waals surface area contributed by atoms with Crippen LogP contribution in [0.2, 0.25) is 0 Å². The molecule has 8 heteroatoms. The van der Waals surface area contributed by atoms with E-state index in [0.29, 0.717) is 25.9 Å². The standard InChI is InChI=1S/C17H23N3O5/c1-17(2,3)25-16(24)20-9-7-11(8-10-20)18-14(21)12-5-4-6-13(19-12)15(22)23/h4-6,11H,7-10H2,1-3H3,(H,18,21)(H,22,23). The number of likely N-dealkylation sites (tertiary alicyclic amines) is 1. The van der Waals surface area contributed by atoms with E-state index in [0.717, 1.165) is 0 Å². The van der Waals surface area contributed by atoms with E-state index in [1.807, 2.05) is 20.8 Å². The predicted molar refractivity (Wildman–Crippen MR) is 89.5 cm³/mol. The van der Waals surface area contributed by atoms with Crippen molar-refractivity contribution in [2.24, 2.45) is 0 Å². The fourth-order valence-electron chi connectivity index (χ4n) is 2.47. The van der Waals surface area contributed by atoms with Gasteiger partial charge in [-0.2, -0.15) is 0 Å². The number of carbonyl (C=O) groups excluding carboxylic acids is 2. The van der Waals surface area contributed by atoms with E-state index in [-0.39, 0.29) is 23.5 Å². The summed E-state index contributed by atoms with van der Waals surface area (Å²) in [5.74, 6) is -1.60. The number of ether oxygens (including phenoxy) is 1. The van der Waals surface area contributed by atoms with Gasteiger partial charge in [-0.3, -0.25) is 4.79 Å². The van der Waals surface area contributed by atoms with Gasteiger partial charge in [-0.05, 0) is 45.7 Å². The van der Waals surface area contributed by atoms with Crippen LogP contribution >= 0.6 is 0 Å². The second kappa shape index (κ2) is 7.50. The van der Waals surface area contributed by atoms with Crippen molar-refractivity contribution in [2.45, 2.75) is 45.3 Å². The summed E-state index contributed by atoms with van der Waals surface area (Å²) < 4.78 is 5.33. The second-order valence-corrected chi connectivity index (χ2v) is 6.93. The molecule has 2 heterocycles. The third-order valence-electron chi connectivity index (χ3n) is 3.68. The number of hydrogen-bond acceptors (Lipinski definition) is 5. The summed E-state index contributed by atoms with van der Waals surface area (Å²) in [6.07, 6.45) is 0.848. The molecule has 25 heavy (non-hydrogen) atoms. The van der Waals surface area contributed by atoms with Gasteiger partial charge >= 0.3 is 12.1 Å². The van der Waals surface area contributed by atoms with Crippen LogP contribution in [0.15, 0.2) is 18.2 Å². The lowest BCUT2D eigenvalue weighted by atomic mass is 10.1. The van der Waals surface area contributed by atoms with Gasteiger partial charge in [0.2, 0.25) is 0 Å². The molecular weight excluding hydrogens is 326 g/mol. The number of carboxylic acid groups (broad SMARTS) is 1. The zero-order chi connectivity index (χ0) is 18.6. The highest BCUT2D eigenvalue weighted by atomic mass is 16.6. The fraction of sp³-hybridized carbons (Fsp3) is 0.529. The highest BCUT2D eigenvalue weighted by molar-refractivity contribution is 5.94. The summed E-state index contributed by atoms with van der Waals surface area (Å²) >= 11 is 0. The number of hydrogen-bond donors (Lipinski definition) is 2. The summed E-state index contributed by atoms with van der Waals surface area (Å²) in [6.45, 7) is 6.42. The largest absolute Gasteiger partial charge is 0.477 e. The molecule has 0 unspecified atom stereocenters. The highest BCUT2D eigenvalue weighted by Gasteiger charge is 2.27. The van der Waals surface area contributed by atoms with Crippen LogP contribution in [0.3, 0.4) is 0 Å². The Balaban J connectivity index is 1.87. The van der Waals surface area contributed by atoms with Gasteiger partial charge in [0.05, 0.1) is 0 Å². The number of pyridine rings is 1. The van der Waals surface area contributed by atoms with Gasteiger partial charge in [0.1, 0.15) is 17.0 Å². The minimum absolute atomic E-state index is 0.0643. The number of piperidine rings is 1. The number of aromatic nitrogens is 1. The molecular formula is C17H23N3O5. The molecule has 136 valence electrons. The maximum atomic E-state index is 12.2. The third-order valence-corrected chi connectivity index (χ3v) is 3.68. The third kappa shape index (κ3) is 5.44. The first-order chi connectivity index (χ1) is 11.7. The van der Waals surface area contributed by atoms with E-state index >= 15 is 0 Å². The minimum atomic E-state index is -1.18. The zero-order valence-corrected chi connectivity index (χ0v) is 14.6. The Kier molecular flexibility index (Phi) is 5.61. The van der Waals surface area contributed by atoms with Crippen molar-refractivity contribution < 1.29 is 24.2 Å². The molecule has 0 spiro atoms. The van der Waals surface area contributed by atoms with Gasteiger partial charge < -0.3 is 20.1 Å². The number of nitrogens with one attached hydrogen (secondary N) is 1. The van der Waals surface area contributed by atoms with E-state index in [4.69, 9.17) is 9.84 Å². The van der Waals surface area contributed by atoms with Crippen LogP contribution in [0.25, 0.3) is 0 Å². The average molecular weight is 349 g/mol. The molecule has 1 aliphatic heterocycles. The molecule has 0 saturated carbocycles. The Hall–Kier alpha value is -2.64. The Bertz CT molecular complexity index is 660. The molecule has 2 N–H and O–H groups in total. The van der Waals surface area contributed by atoms with Crippen LogP contribution in [0, 0.1) is 0 Å². The van der Waals surface area contributed by atoms with Gasteiger partial charge in [-0.15, -0.1) is 0 Å². The molecule has 8 nitrogen and oxygen atoms in total. The van der Waals surface area contributed by atoms with E-state index in [9.17, 15) is 14.4 Å². The maximum absolute atomic E-state index is 12.2. The summed E-state index contributed by atoms with van der Waals surface area (Å²) in [7, 11) is 0. The number of carboxylic acids is 1. The molecule has 1 aliphatic rings. The van der Waals surface area contributed by atoms with Crippen LogP contribution in [0.4, 0.5) is 4.79 Å². The molecule has 2 amide bonds. The van der Waals surface area contributed by atoms with Crippen LogP contribution in [-0.4, -0.2) is 57.7 Å². The summed E-state index contributed by atoms with van der Waals surface area (Å²) in [5.41, 5.74) is -0.648. The fourth-order valence-corrected chi connectivity index (χ4v) is 2.47. The van der Waals surface area contributed by atoms with Crippen LogP contribution in [-0.2, 0) is 4.74 Å². The molecule has 1 fully saturated rings. The first kappa shape index (κ1) is 18.7. The van der Waals surface area contributed by atoms with Gasteiger partial charge in [0.15, 0.2) is 0 Å². The van der Waals surface area contributed by atoms with E-state index in [2.05, 4.69) is 10.3 Å². The zero-order valence-electron chi connectivity index (χ0n) is 14.6. The second-order valence-electron chi connectivity index (χ2n) is 6.93. The summed E-state index contributed by atoms with van der Waals surface area (Å²) in [4.78, 5) is 40.6. The first-order valence-corrected chi connectivity index (χ1v) is 8.15. The lowest BCUT2D eigenvalue weighted by molar-refractivity contribution is 0.0199. The molecule has 0 atom stereocenters. The van der Waals surface area contributed by atoms with Crippen molar-refractivity contribution in [1.29, 1.82) is 0 Å². The van der Waals surface area contributed by atoms with Crippen molar-refractivity contribution in [1.82, 2.24) is 15.2 Å². The minimum Gasteiger partial charge on any atom is -0.477 e. The number of aromatic carboxylic acids is 1. The Labute approximate surface area is 146 Å². The van der Waals surface area contributed by atoms with Crippen molar-refractivity contribution in [3.8, 4) is 0 Å². The Morgan fingerprint density at radius 3 is 2.36 bits per heavy atom. The summed E-state index contributed by atoms with van der Waals surface area (Å²) in [5, 5.41) is 11.8. The van der Waals surface area contributed by atoms with Crippen LogP contribution in [0.1, 0.15) is 54.6 Å². The van der Waals surface area contributed by atoms with Crippen molar-refractivity contribution in [3.63, 3.8) is 0 Å². The smallest absolute Gasteiger partial charge is 0.410 e. The van der Waals surface area contributed by atoms with Gasteiger partial charge in [-0.25, -0.2) is 14.6 Å². The highest BCUT2D eigenvalue weighted by Crippen LogP contribution is 2.15. The quantitative estimate of drug-likeness (QED) is 0.863. The van der Waals surface area contributed by atoms with E-state index in [1.165, 1.54) is 18.2 Å². The Morgan fingerprint density at radius 2 is 1.80 bits per heavy atom. The number of amides is 2. The van der Waals surface area contributed by atoms with E-state index < -0.39 is 17.5 Å². The maximum Gasteiger partial charge on any atom is 0.410 e. The molecule has 1 aromatic heterocycles. The molecule has 0 aromatic carbocycles. The van der Waals surface area contributed by atoms with Crippen molar-refractivity contribution in [2.75, 3.05) is 13.1 Å². The monoisotopic (exact) mass is 349 g/mol. The lowest BCUT2D eigenvalue weighted by Crippen LogP contribution is -2.47. The van der Waals surface area contributed by atoms with Crippen molar-refractivity contribution in [3.05, 3.63) is 29.6 Å². The Morgan fingerprint density at radius 1 is 1.20 bits per heavy atom. The summed E-state index contributed by atoms with van der Waals surface area (Å²) in [6, 6.07) is 4.19. The molecule has 1 aromatic rings.